The van der Waals surface area contributed by atoms with Gasteiger partial charge in [0.15, 0.2) is 12.2 Å². The van der Waals surface area contributed by atoms with Gasteiger partial charge < -0.3 is 28.4 Å². The van der Waals surface area contributed by atoms with Crippen molar-refractivity contribution in [3.05, 3.63) is 31.5 Å². The molecule has 0 aliphatic carbocycles. The molecule has 0 amide bonds. The quantitative estimate of drug-likeness (QED) is 0.355. The third kappa shape index (κ3) is 4.45. The van der Waals surface area contributed by atoms with Crippen LogP contribution in [0.4, 0.5) is 14.4 Å². The lowest BCUT2D eigenvalue weighted by Gasteiger charge is -2.18. The molecule has 0 aromatic carbocycles. The highest BCUT2D eigenvalue weighted by atomic mass is 16.8. The van der Waals surface area contributed by atoms with Crippen LogP contribution in [0.1, 0.15) is 6.42 Å². The normalized spacial score (nSPS) is 25.1. The second-order valence-electron chi connectivity index (χ2n) is 7.35. The summed E-state index contributed by atoms with van der Waals surface area (Å²) < 4.78 is 31.1. The van der Waals surface area contributed by atoms with Crippen LogP contribution in [0.3, 0.4) is 0 Å². The fraction of sp³-hybridized carbons (Fsp3) is 0.647. The zero-order valence-corrected chi connectivity index (χ0v) is 16.6. The van der Waals surface area contributed by atoms with Gasteiger partial charge in [-0.3, -0.25) is 0 Å². The van der Waals surface area contributed by atoms with Crippen molar-refractivity contribution in [3.63, 3.8) is 0 Å². The van der Waals surface area contributed by atoms with Crippen molar-refractivity contribution < 1.29 is 42.8 Å². The number of rotatable bonds is 6. The fourth-order valence-corrected chi connectivity index (χ4v) is 3.49. The molecule has 0 spiro atoms. The molecular weight excluding hydrogens is 438 g/mol. The first-order valence-corrected chi connectivity index (χ1v) is 9.72. The molecule has 1 aromatic rings. The molecule has 3 unspecified atom stereocenters. The molecule has 0 saturated carbocycles. The maximum absolute atomic E-state index is 13.0. The average molecular weight is 457 g/mol. The number of aromatic nitrogens is 3. The summed E-state index contributed by atoms with van der Waals surface area (Å²) in [6.07, 6.45) is -4.23. The minimum absolute atomic E-state index is 0.0385. The standard InChI is InChI=1S/C17H19N3O12/c21-12-18(3-9-1-2-27-15(24)28-6-9)13(22)20(5-11-8-30-17(26)32-11)14(23)19(12)4-10-7-29-16(25)31-10/h9-11H,1-8H2. The van der Waals surface area contributed by atoms with E-state index in [9.17, 15) is 28.8 Å². The number of cyclic esters (lactones) is 6. The molecule has 4 rings (SSSR count). The number of carbonyl (C=O) groups excluding carboxylic acids is 3. The molecule has 3 aliphatic heterocycles. The Morgan fingerprint density at radius 3 is 1.53 bits per heavy atom. The van der Waals surface area contributed by atoms with Crippen molar-refractivity contribution in [1.29, 1.82) is 0 Å². The van der Waals surface area contributed by atoms with Crippen molar-refractivity contribution in [3.8, 4) is 0 Å². The van der Waals surface area contributed by atoms with Crippen LogP contribution in [0.15, 0.2) is 14.4 Å². The monoisotopic (exact) mass is 457 g/mol. The third-order valence-electron chi connectivity index (χ3n) is 5.08. The number of ether oxygens (including phenoxy) is 6. The Hall–Kier alpha value is -3.78. The Bertz CT molecular complexity index is 1040. The molecule has 0 N–H and O–H groups in total. The van der Waals surface area contributed by atoms with Crippen LogP contribution in [0, 0.1) is 5.92 Å². The van der Waals surface area contributed by atoms with E-state index in [1.807, 2.05) is 0 Å². The second-order valence-corrected chi connectivity index (χ2v) is 7.35. The van der Waals surface area contributed by atoms with E-state index in [0.29, 0.717) is 6.42 Å². The summed E-state index contributed by atoms with van der Waals surface area (Å²) in [4.78, 5) is 72.7. The van der Waals surface area contributed by atoms with Gasteiger partial charge in [-0.15, -0.1) is 0 Å². The van der Waals surface area contributed by atoms with E-state index < -0.39 is 53.7 Å². The van der Waals surface area contributed by atoms with Gasteiger partial charge in [0, 0.05) is 12.5 Å². The Kier molecular flexibility index (Phi) is 5.87. The highest BCUT2D eigenvalue weighted by Gasteiger charge is 2.31. The molecule has 3 saturated heterocycles. The maximum atomic E-state index is 13.0. The zero-order valence-electron chi connectivity index (χ0n) is 16.6. The average Bonchev–Trinajstić information content (AvgIpc) is 3.30. The summed E-state index contributed by atoms with van der Waals surface area (Å²) in [5, 5.41) is 0. The summed E-state index contributed by atoms with van der Waals surface area (Å²) in [5.41, 5.74) is -2.84. The first-order valence-electron chi connectivity index (χ1n) is 9.72. The first kappa shape index (κ1) is 21.5. The van der Waals surface area contributed by atoms with Crippen molar-refractivity contribution in [2.45, 2.75) is 38.3 Å². The number of carbonyl (C=O) groups is 3. The summed E-state index contributed by atoms with van der Waals surface area (Å²) in [7, 11) is 0. The predicted molar refractivity (Wildman–Crippen MR) is 97.1 cm³/mol. The van der Waals surface area contributed by atoms with Crippen molar-refractivity contribution in [2.75, 3.05) is 26.4 Å². The zero-order chi connectivity index (χ0) is 22.8. The summed E-state index contributed by atoms with van der Waals surface area (Å²) in [6.45, 7) is -1.28. The molecule has 15 heteroatoms. The van der Waals surface area contributed by atoms with Gasteiger partial charge in [0.1, 0.15) is 13.2 Å². The molecule has 3 fully saturated rings. The van der Waals surface area contributed by atoms with Crippen molar-refractivity contribution >= 4 is 18.5 Å². The minimum Gasteiger partial charge on any atom is -0.434 e. The lowest BCUT2D eigenvalue weighted by molar-refractivity contribution is 0.0686. The first-order chi connectivity index (χ1) is 15.3. The van der Waals surface area contributed by atoms with Gasteiger partial charge >= 0.3 is 35.5 Å². The molecule has 174 valence electrons. The van der Waals surface area contributed by atoms with E-state index in [4.69, 9.17) is 18.9 Å². The fourth-order valence-electron chi connectivity index (χ4n) is 3.49. The van der Waals surface area contributed by atoms with Gasteiger partial charge in [0.2, 0.25) is 0 Å². The second kappa shape index (κ2) is 8.76. The molecule has 0 bridgehead atoms. The van der Waals surface area contributed by atoms with Gasteiger partial charge in [-0.05, 0) is 6.42 Å². The van der Waals surface area contributed by atoms with Gasteiger partial charge in [-0.25, -0.2) is 42.5 Å². The lowest BCUT2D eigenvalue weighted by atomic mass is 10.1. The molecule has 3 atom stereocenters. The predicted octanol–water partition coefficient (Wildman–Crippen LogP) is -1.58. The molecule has 32 heavy (non-hydrogen) atoms. The summed E-state index contributed by atoms with van der Waals surface area (Å²) in [6, 6.07) is 0. The maximum Gasteiger partial charge on any atom is 0.508 e. The number of nitrogens with zero attached hydrogens (tertiary/aromatic N) is 3. The SMILES string of the molecule is O=C1OCCC(Cn2c(=O)n(CC3COC(=O)O3)c(=O)n(CC3COC(=O)O3)c2=O)CO1. The van der Waals surface area contributed by atoms with E-state index in [0.717, 1.165) is 13.7 Å². The largest absolute Gasteiger partial charge is 0.508 e. The molecule has 4 heterocycles. The van der Waals surface area contributed by atoms with Crippen molar-refractivity contribution in [1.82, 2.24) is 13.7 Å². The summed E-state index contributed by atoms with van der Waals surface area (Å²) in [5.74, 6) is -0.438. The van der Waals surface area contributed by atoms with E-state index in [-0.39, 0.29) is 46.1 Å². The minimum atomic E-state index is -0.974. The molecule has 1 aromatic heterocycles. The topological polar surface area (TPSA) is 173 Å². The van der Waals surface area contributed by atoms with Crippen LogP contribution >= 0.6 is 0 Å². The van der Waals surface area contributed by atoms with E-state index in [1.165, 1.54) is 0 Å². The highest BCUT2D eigenvalue weighted by molar-refractivity contribution is 5.62. The summed E-state index contributed by atoms with van der Waals surface area (Å²) >= 11 is 0. The number of hydrogen-bond donors (Lipinski definition) is 0. The van der Waals surface area contributed by atoms with Crippen LogP contribution < -0.4 is 17.1 Å². The van der Waals surface area contributed by atoms with Gasteiger partial charge in [0.25, 0.3) is 0 Å². The lowest BCUT2D eigenvalue weighted by Crippen LogP contribution is -2.57. The van der Waals surface area contributed by atoms with E-state index in [1.54, 1.807) is 0 Å². The van der Waals surface area contributed by atoms with Crippen LogP contribution in [0.2, 0.25) is 0 Å². The third-order valence-corrected chi connectivity index (χ3v) is 5.08. The van der Waals surface area contributed by atoms with Gasteiger partial charge in [0.05, 0.1) is 26.3 Å². The van der Waals surface area contributed by atoms with Crippen molar-refractivity contribution in [2.24, 2.45) is 5.92 Å². The smallest absolute Gasteiger partial charge is 0.434 e. The van der Waals surface area contributed by atoms with Gasteiger partial charge in [-0.2, -0.15) is 0 Å². The number of hydrogen-bond acceptors (Lipinski definition) is 12. The molecule has 0 radical (unpaired) electrons. The van der Waals surface area contributed by atoms with Crippen LogP contribution in [-0.4, -0.2) is 70.8 Å². The van der Waals surface area contributed by atoms with Crippen LogP contribution in [0.25, 0.3) is 0 Å². The Morgan fingerprint density at radius 1 is 0.594 bits per heavy atom. The highest BCUT2D eigenvalue weighted by Crippen LogP contribution is 2.12. The van der Waals surface area contributed by atoms with Crippen LogP contribution in [0.5, 0.6) is 0 Å². The van der Waals surface area contributed by atoms with Crippen LogP contribution in [-0.2, 0) is 48.1 Å². The van der Waals surface area contributed by atoms with Gasteiger partial charge in [-0.1, -0.05) is 0 Å². The Balaban J connectivity index is 1.69. The Morgan fingerprint density at radius 2 is 1.06 bits per heavy atom. The van der Waals surface area contributed by atoms with E-state index in [2.05, 4.69) is 9.47 Å². The molecule has 3 aliphatic rings. The Labute approximate surface area is 177 Å². The molecule has 15 nitrogen and oxygen atoms in total. The van der Waals surface area contributed by atoms with E-state index >= 15 is 0 Å². The molecular formula is C17H19N3O12.